The number of sulfonamides is 1. The molecule has 0 atom stereocenters. The number of nitrogens with one attached hydrogen (secondary N) is 1. The summed E-state index contributed by atoms with van der Waals surface area (Å²) in [7, 11) is -3.79. The van der Waals surface area contributed by atoms with Crippen molar-refractivity contribution in [3.05, 3.63) is 62.8 Å². The predicted molar refractivity (Wildman–Crippen MR) is 102 cm³/mol. The smallest absolute Gasteiger partial charge is 0.241 e. The van der Waals surface area contributed by atoms with Crippen LogP contribution in [0.4, 0.5) is 10.1 Å². The second kappa shape index (κ2) is 8.43. The Kier molecular flexibility index (Phi) is 6.74. The first-order chi connectivity index (χ1) is 12.1. The van der Waals surface area contributed by atoms with E-state index in [2.05, 4.69) is 5.32 Å². The molecule has 1 amide bonds. The molecule has 140 valence electrons. The van der Waals surface area contributed by atoms with Gasteiger partial charge in [-0.2, -0.15) is 0 Å². The van der Waals surface area contributed by atoms with E-state index >= 15 is 0 Å². The molecule has 5 nitrogen and oxygen atoms in total. The minimum Gasteiger partial charge on any atom is -0.350 e. The molecule has 1 N–H and O–H groups in total. The van der Waals surface area contributed by atoms with Crippen LogP contribution in [0.1, 0.15) is 5.56 Å². The Bertz CT molecular complexity index is 938. The zero-order valence-corrected chi connectivity index (χ0v) is 16.6. The molecule has 0 bridgehead atoms. The standard InChI is InChI=1S/C16H14Cl3FN2O3S/c1-26(24,25)22(12-4-5-15(20)14(19)7-12)9-16(23)21-8-10-2-3-11(17)6-13(10)18/h2-7H,8-9H2,1H3,(H,21,23). The molecule has 0 aliphatic carbocycles. The number of benzene rings is 2. The summed E-state index contributed by atoms with van der Waals surface area (Å²) in [5.74, 6) is -1.26. The zero-order valence-electron chi connectivity index (χ0n) is 13.5. The number of nitrogens with zero attached hydrogens (tertiary/aromatic N) is 1. The minimum atomic E-state index is -3.79. The molecule has 0 saturated carbocycles. The topological polar surface area (TPSA) is 66.5 Å². The van der Waals surface area contributed by atoms with Crippen LogP contribution < -0.4 is 9.62 Å². The van der Waals surface area contributed by atoms with Gasteiger partial charge in [0, 0.05) is 16.6 Å². The zero-order chi connectivity index (χ0) is 19.5. The van der Waals surface area contributed by atoms with Crippen molar-refractivity contribution in [2.45, 2.75) is 6.54 Å². The quantitative estimate of drug-likeness (QED) is 0.743. The summed E-state index contributed by atoms with van der Waals surface area (Å²) in [6.45, 7) is -0.400. The van der Waals surface area contributed by atoms with Gasteiger partial charge < -0.3 is 5.32 Å². The summed E-state index contributed by atoms with van der Waals surface area (Å²) in [6.07, 6.45) is 0.938. The molecular formula is C16H14Cl3FN2O3S. The predicted octanol–water partition coefficient (Wildman–Crippen LogP) is 3.87. The van der Waals surface area contributed by atoms with Crippen LogP contribution in [0.2, 0.25) is 15.1 Å². The van der Waals surface area contributed by atoms with E-state index in [9.17, 15) is 17.6 Å². The van der Waals surface area contributed by atoms with E-state index in [4.69, 9.17) is 34.8 Å². The minimum absolute atomic E-state index is 0.0820. The number of rotatable bonds is 6. The van der Waals surface area contributed by atoms with Crippen LogP contribution in [0, 0.1) is 5.82 Å². The Morgan fingerprint density at radius 2 is 1.81 bits per heavy atom. The molecule has 2 rings (SSSR count). The first-order valence-corrected chi connectivity index (χ1v) is 10.2. The molecule has 0 fully saturated rings. The van der Waals surface area contributed by atoms with Gasteiger partial charge in [-0.3, -0.25) is 9.10 Å². The average molecular weight is 440 g/mol. The molecule has 0 unspecified atom stereocenters. The Morgan fingerprint density at radius 1 is 1.12 bits per heavy atom. The maximum Gasteiger partial charge on any atom is 0.241 e. The van der Waals surface area contributed by atoms with Crippen molar-refractivity contribution in [2.75, 3.05) is 17.1 Å². The van der Waals surface area contributed by atoms with Crippen LogP contribution in [0.15, 0.2) is 36.4 Å². The van der Waals surface area contributed by atoms with E-state index in [1.165, 1.54) is 12.1 Å². The highest BCUT2D eigenvalue weighted by molar-refractivity contribution is 7.92. The fourth-order valence-electron chi connectivity index (χ4n) is 2.09. The lowest BCUT2D eigenvalue weighted by Crippen LogP contribution is -2.40. The maximum atomic E-state index is 13.3. The van der Waals surface area contributed by atoms with E-state index < -0.39 is 28.3 Å². The Hall–Kier alpha value is -1.54. The largest absolute Gasteiger partial charge is 0.350 e. The van der Waals surface area contributed by atoms with Crippen LogP contribution in [-0.2, 0) is 21.4 Å². The SMILES string of the molecule is CS(=O)(=O)N(CC(=O)NCc1ccc(Cl)cc1Cl)c1ccc(F)c(Cl)c1. The maximum absolute atomic E-state index is 13.3. The fraction of sp³-hybridized carbons (Fsp3) is 0.188. The summed E-state index contributed by atoms with van der Waals surface area (Å²) in [5, 5.41) is 3.17. The molecule has 26 heavy (non-hydrogen) atoms. The van der Waals surface area contributed by atoms with E-state index in [1.54, 1.807) is 12.1 Å². The summed E-state index contributed by atoms with van der Waals surface area (Å²) < 4.78 is 38.1. The number of amides is 1. The first-order valence-electron chi connectivity index (χ1n) is 7.21. The van der Waals surface area contributed by atoms with E-state index in [-0.39, 0.29) is 17.3 Å². The lowest BCUT2D eigenvalue weighted by molar-refractivity contribution is -0.119. The third kappa shape index (κ3) is 5.48. The lowest BCUT2D eigenvalue weighted by Gasteiger charge is -2.22. The van der Waals surface area contributed by atoms with Gasteiger partial charge in [0.2, 0.25) is 15.9 Å². The van der Waals surface area contributed by atoms with Crippen molar-refractivity contribution in [3.63, 3.8) is 0 Å². The molecule has 0 saturated heterocycles. The monoisotopic (exact) mass is 438 g/mol. The molecular weight excluding hydrogens is 426 g/mol. The van der Waals surface area contributed by atoms with Crippen molar-refractivity contribution < 1.29 is 17.6 Å². The average Bonchev–Trinajstić information content (AvgIpc) is 2.53. The van der Waals surface area contributed by atoms with Gasteiger partial charge in [0.05, 0.1) is 17.0 Å². The van der Waals surface area contributed by atoms with Crippen molar-refractivity contribution in [1.29, 1.82) is 0 Å². The molecule has 0 aliphatic heterocycles. The van der Waals surface area contributed by atoms with Gasteiger partial charge in [-0.05, 0) is 35.9 Å². The van der Waals surface area contributed by atoms with Crippen molar-refractivity contribution >= 4 is 56.4 Å². The van der Waals surface area contributed by atoms with Gasteiger partial charge >= 0.3 is 0 Å². The second-order valence-corrected chi connectivity index (χ2v) is 8.54. The van der Waals surface area contributed by atoms with Gasteiger partial charge in [0.15, 0.2) is 0 Å². The first kappa shape index (κ1) is 20.8. The number of hydrogen-bond donors (Lipinski definition) is 1. The van der Waals surface area contributed by atoms with Gasteiger partial charge in [0.1, 0.15) is 12.4 Å². The third-order valence-electron chi connectivity index (χ3n) is 3.37. The van der Waals surface area contributed by atoms with Crippen molar-refractivity contribution in [2.24, 2.45) is 0 Å². The summed E-state index contributed by atoms with van der Waals surface area (Å²) >= 11 is 17.5. The van der Waals surface area contributed by atoms with E-state index in [0.29, 0.717) is 15.6 Å². The van der Waals surface area contributed by atoms with Crippen molar-refractivity contribution in [3.8, 4) is 0 Å². The van der Waals surface area contributed by atoms with E-state index in [0.717, 1.165) is 22.7 Å². The van der Waals surface area contributed by atoms with Crippen LogP contribution in [0.3, 0.4) is 0 Å². The van der Waals surface area contributed by atoms with Gasteiger partial charge in [-0.15, -0.1) is 0 Å². The lowest BCUT2D eigenvalue weighted by atomic mass is 10.2. The Morgan fingerprint density at radius 3 is 2.38 bits per heavy atom. The highest BCUT2D eigenvalue weighted by atomic mass is 35.5. The number of carbonyl (C=O) groups excluding carboxylic acids is 1. The molecule has 0 radical (unpaired) electrons. The normalized spacial score (nSPS) is 11.3. The number of halogens is 4. The van der Waals surface area contributed by atoms with E-state index in [1.807, 2.05) is 0 Å². The molecule has 2 aromatic carbocycles. The number of carbonyl (C=O) groups is 1. The fourth-order valence-corrected chi connectivity index (χ4v) is 3.58. The number of anilines is 1. The highest BCUT2D eigenvalue weighted by Gasteiger charge is 2.21. The molecule has 2 aromatic rings. The van der Waals surface area contributed by atoms with Crippen molar-refractivity contribution in [1.82, 2.24) is 5.32 Å². The third-order valence-corrected chi connectivity index (χ3v) is 5.39. The second-order valence-electron chi connectivity index (χ2n) is 5.38. The van der Waals surface area contributed by atoms with Gasteiger partial charge in [-0.1, -0.05) is 40.9 Å². The Labute approximate surface area is 165 Å². The Balaban J connectivity index is 2.13. The van der Waals surface area contributed by atoms with Gasteiger partial charge in [-0.25, -0.2) is 12.8 Å². The summed E-state index contributed by atoms with van der Waals surface area (Å²) in [6, 6.07) is 8.21. The van der Waals surface area contributed by atoms with Crippen LogP contribution in [0.25, 0.3) is 0 Å². The molecule has 0 heterocycles. The molecule has 0 spiro atoms. The highest BCUT2D eigenvalue weighted by Crippen LogP contribution is 2.24. The van der Waals surface area contributed by atoms with Crippen LogP contribution in [-0.4, -0.2) is 27.1 Å². The summed E-state index contributed by atoms with van der Waals surface area (Å²) in [5.41, 5.74) is 0.707. The van der Waals surface area contributed by atoms with Crippen LogP contribution in [0.5, 0.6) is 0 Å². The summed E-state index contributed by atoms with van der Waals surface area (Å²) in [4.78, 5) is 12.2. The molecule has 0 aromatic heterocycles. The van der Waals surface area contributed by atoms with Gasteiger partial charge in [0.25, 0.3) is 0 Å². The van der Waals surface area contributed by atoms with Crippen LogP contribution >= 0.6 is 34.8 Å². The number of hydrogen-bond acceptors (Lipinski definition) is 3. The molecule has 0 aliphatic rings. The molecule has 10 heteroatoms.